The van der Waals surface area contributed by atoms with Crippen molar-refractivity contribution in [2.75, 3.05) is 30.5 Å². The summed E-state index contributed by atoms with van der Waals surface area (Å²) in [6, 6.07) is 11.4. The molecule has 0 aliphatic rings. The fourth-order valence-corrected chi connectivity index (χ4v) is 7.05. The number of hydrogen-bond acceptors (Lipinski definition) is 14. The van der Waals surface area contributed by atoms with Crippen LogP contribution in [0.2, 0.25) is 0 Å². The molecule has 0 fully saturated rings. The second-order valence-corrected chi connectivity index (χ2v) is 17.5. The summed E-state index contributed by atoms with van der Waals surface area (Å²) in [4.78, 5) is 55.2. The van der Waals surface area contributed by atoms with E-state index >= 15 is 0 Å². The van der Waals surface area contributed by atoms with Crippen LogP contribution in [0.25, 0.3) is 21.8 Å². The molecule has 0 saturated heterocycles. The van der Waals surface area contributed by atoms with E-state index in [1.54, 1.807) is 17.6 Å². The van der Waals surface area contributed by atoms with Crippen LogP contribution >= 0.6 is 0 Å². The Morgan fingerprint density at radius 2 is 1.21 bits per heavy atom. The molecular formula is C35H40N2O17S3+2. The highest BCUT2D eigenvalue weighted by atomic mass is 32.2. The van der Waals surface area contributed by atoms with E-state index in [0.29, 0.717) is 17.5 Å². The van der Waals surface area contributed by atoms with E-state index < -0.39 is 77.0 Å². The quantitative estimate of drug-likeness (QED) is 0.0246. The number of carbonyl (C=O) groups is 3. The van der Waals surface area contributed by atoms with E-state index in [9.17, 15) is 53.6 Å². The third-order valence-corrected chi connectivity index (χ3v) is 10.5. The number of aryl methyl sites for hydroxylation is 3. The Kier molecular flexibility index (Phi) is 14.4. The van der Waals surface area contributed by atoms with Crippen molar-refractivity contribution in [2.45, 2.75) is 53.0 Å². The summed E-state index contributed by atoms with van der Waals surface area (Å²) in [5.74, 6) is -4.80. The number of fused-ring (bicyclic) bond motifs is 2. The van der Waals surface area contributed by atoms with Crippen LogP contribution in [0.15, 0.2) is 48.5 Å². The molecule has 3 aromatic carbocycles. The number of amides is 1. The van der Waals surface area contributed by atoms with E-state index in [4.69, 9.17) is 18.8 Å². The average molecular weight is 857 g/mol. The van der Waals surface area contributed by atoms with Crippen molar-refractivity contribution in [1.82, 2.24) is 0 Å². The molecular weight excluding hydrogens is 817 g/mol. The molecule has 19 nitrogen and oxygen atoms in total. The molecule has 1 aromatic heterocycles. The maximum absolute atomic E-state index is 14.4. The first-order chi connectivity index (χ1) is 26.6. The van der Waals surface area contributed by atoms with Crippen molar-refractivity contribution >= 4 is 70.0 Å². The number of esters is 1. The summed E-state index contributed by atoms with van der Waals surface area (Å²) in [6.45, 7) is 4.03. The monoisotopic (exact) mass is 856 g/mol. The van der Waals surface area contributed by atoms with Gasteiger partial charge in [0, 0.05) is 18.6 Å². The predicted molar refractivity (Wildman–Crippen MR) is 201 cm³/mol. The number of aromatic nitrogens is 1. The molecule has 57 heavy (non-hydrogen) atoms. The fourth-order valence-electron chi connectivity index (χ4n) is 5.77. The zero-order valence-corrected chi connectivity index (χ0v) is 33.3. The van der Waals surface area contributed by atoms with E-state index in [1.165, 1.54) is 56.3 Å². The lowest BCUT2D eigenvalue weighted by molar-refractivity contribution is -0.706. The highest BCUT2D eigenvalue weighted by Gasteiger charge is 2.31. The molecule has 3 N–H and O–H groups in total. The Bertz CT molecular complexity index is 2550. The molecule has 0 saturated carbocycles. The van der Waals surface area contributed by atoms with E-state index in [1.807, 2.05) is 0 Å². The molecule has 0 aliphatic heterocycles. The molecule has 1 heterocycles. The summed E-state index contributed by atoms with van der Waals surface area (Å²) in [5, 5.41) is 0.319. The molecule has 0 bridgehead atoms. The second kappa shape index (κ2) is 18.4. The molecule has 0 radical (unpaired) electrons. The highest BCUT2D eigenvalue weighted by molar-refractivity contribution is 7.86. The van der Waals surface area contributed by atoms with Gasteiger partial charge in [0.15, 0.2) is 6.54 Å². The van der Waals surface area contributed by atoms with Gasteiger partial charge in [-0.2, -0.15) is 29.8 Å². The van der Waals surface area contributed by atoms with Gasteiger partial charge in [0.2, 0.25) is 11.0 Å². The fraction of sp³-hybridized carbons (Fsp3) is 0.371. The predicted octanol–water partition coefficient (Wildman–Crippen LogP) is 3.50. The van der Waals surface area contributed by atoms with Crippen LogP contribution in [0.4, 0.5) is 0 Å². The molecule has 0 atom stereocenters. The summed E-state index contributed by atoms with van der Waals surface area (Å²) >= 11 is 0. The van der Waals surface area contributed by atoms with Crippen LogP contribution in [0.1, 0.15) is 64.4 Å². The number of nitrogens with zero attached hydrogens (tertiary/aromatic N) is 2. The lowest BCUT2D eigenvalue weighted by Crippen LogP contribution is -2.37. The smallest absolute Gasteiger partial charge is 0.491 e. The van der Waals surface area contributed by atoms with Gasteiger partial charge in [-0.15, -0.1) is 4.84 Å². The van der Waals surface area contributed by atoms with Gasteiger partial charge >= 0.3 is 22.8 Å². The van der Waals surface area contributed by atoms with E-state index in [2.05, 4.69) is 4.84 Å². The Hall–Kier alpha value is -5.13. The second-order valence-electron chi connectivity index (χ2n) is 12.8. The van der Waals surface area contributed by atoms with Gasteiger partial charge < -0.3 is 14.2 Å². The summed E-state index contributed by atoms with van der Waals surface area (Å²) in [5.41, 5.74) is 0.943. The van der Waals surface area contributed by atoms with Gasteiger partial charge in [-0.25, -0.2) is 14.4 Å². The van der Waals surface area contributed by atoms with E-state index in [-0.39, 0.29) is 82.7 Å². The number of rotatable bonds is 18. The third kappa shape index (κ3) is 12.7. The molecule has 0 aliphatic carbocycles. The zero-order chi connectivity index (χ0) is 42.3. The Morgan fingerprint density at radius 1 is 0.702 bits per heavy atom. The first-order valence-electron chi connectivity index (χ1n) is 17.2. The minimum absolute atomic E-state index is 0.00180. The lowest BCUT2D eigenvalue weighted by atomic mass is 10.0. The van der Waals surface area contributed by atoms with Crippen molar-refractivity contribution in [3.8, 4) is 17.2 Å². The number of ether oxygens (including phenoxy) is 3. The number of pyridine rings is 1. The number of carbonyl (C=O) groups excluding carboxylic acids is 3. The minimum atomic E-state index is -4.40. The van der Waals surface area contributed by atoms with Gasteiger partial charge in [0.25, 0.3) is 30.4 Å². The molecule has 0 unspecified atom stereocenters. The normalized spacial score (nSPS) is 12.0. The largest absolute Gasteiger partial charge is 0.494 e. The van der Waals surface area contributed by atoms with Gasteiger partial charge in [-0.3, -0.25) is 13.7 Å². The van der Waals surface area contributed by atoms with Crippen molar-refractivity contribution in [3.63, 3.8) is 0 Å². The first kappa shape index (κ1) is 44.6. The van der Waals surface area contributed by atoms with Crippen molar-refractivity contribution < 1.29 is 81.8 Å². The Morgan fingerprint density at radius 3 is 1.72 bits per heavy atom. The van der Waals surface area contributed by atoms with Gasteiger partial charge in [0.05, 0.1) is 51.3 Å². The number of benzene rings is 3. The highest BCUT2D eigenvalue weighted by Crippen LogP contribution is 2.33. The third-order valence-electron chi connectivity index (χ3n) is 8.19. The number of hydrogen-bond donors (Lipinski definition) is 3. The van der Waals surface area contributed by atoms with Crippen molar-refractivity contribution in [3.05, 3.63) is 75.7 Å². The van der Waals surface area contributed by atoms with Crippen LogP contribution in [-0.4, -0.2) is 92.2 Å². The maximum Gasteiger partial charge on any atom is 0.491 e. The Balaban J connectivity index is 1.87. The van der Waals surface area contributed by atoms with Crippen LogP contribution in [0, 0.1) is 18.8 Å². The van der Waals surface area contributed by atoms with Crippen LogP contribution < -0.4 is 18.8 Å². The first-order valence-corrected chi connectivity index (χ1v) is 22.0. The Labute approximate surface area is 327 Å². The minimum Gasteiger partial charge on any atom is -0.494 e. The molecule has 1 amide bonds. The average Bonchev–Trinajstić information content (AvgIpc) is 3.09. The van der Waals surface area contributed by atoms with Gasteiger partial charge in [-0.05, 0) is 74.2 Å². The van der Waals surface area contributed by atoms with Gasteiger partial charge in [0.1, 0.15) is 29.6 Å². The maximum atomic E-state index is 14.4. The van der Waals surface area contributed by atoms with Crippen LogP contribution in [-0.2, 0) is 46.5 Å². The summed E-state index contributed by atoms with van der Waals surface area (Å²) < 4.78 is 115. The zero-order valence-electron chi connectivity index (χ0n) is 30.9. The topological polar surface area (TPSA) is 275 Å². The molecule has 0 spiro atoms. The van der Waals surface area contributed by atoms with Crippen LogP contribution in [0.3, 0.4) is 0 Å². The molecule has 4 aromatic rings. The molecule has 4 rings (SSSR count). The summed E-state index contributed by atoms with van der Waals surface area (Å²) in [7, 11) is -13.0. The molecule has 308 valence electrons. The SMILES string of the molecule is CCCC(=O)[N+](=O)OC(=O)c1cc(C)c(OC(=O)c2c3cc(OCCCS(=O)(=O)O)ccc3[n+](CCCS(=O)(=O)O)c3ccc(OCCS(=O)(=O)O)cc23)c(C)c1. The summed E-state index contributed by atoms with van der Waals surface area (Å²) in [6.07, 6.45) is 0.0353. The van der Waals surface area contributed by atoms with E-state index in [0.717, 1.165) is 0 Å². The van der Waals surface area contributed by atoms with Gasteiger partial charge in [-0.1, -0.05) is 6.92 Å². The van der Waals surface area contributed by atoms with Crippen LogP contribution in [0.5, 0.6) is 17.2 Å². The van der Waals surface area contributed by atoms with Crippen molar-refractivity contribution in [1.29, 1.82) is 0 Å². The molecule has 22 heteroatoms. The lowest BCUT2D eigenvalue weighted by Gasteiger charge is -2.16. The standard InChI is InChI=1S/C35H38N2O17S3/c1-4-7-31(38)37(41)54-34(39)24-18-22(2)33(23(3)19-24)53-35(40)32-27-20-25(51-13-6-16-56(45,46)47)8-10-29(27)36(12-5-15-55(42,43)44)30-11-9-26(21-28(30)32)52-14-17-57(48,49)50/h8-11,18-21H,4-7,12-17H2,1-3H3,(H-2,42,43,44,45,46,47,48,49,50)/p+2. The van der Waals surface area contributed by atoms with Crippen molar-refractivity contribution in [2.24, 2.45) is 0 Å².